The van der Waals surface area contributed by atoms with Crippen molar-refractivity contribution >= 4 is 35.1 Å². The van der Waals surface area contributed by atoms with Crippen molar-refractivity contribution in [1.82, 2.24) is 15.2 Å². The molecular formula is C41H44Cl2N4O9. The van der Waals surface area contributed by atoms with Crippen LogP contribution in [0.4, 0.5) is 0 Å². The largest absolute Gasteiger partial charge is 0.492 e. The maximum Gasteiger partial charge on any atom is 0.326 e. The monoisotopic (exact) mass is 806 g/mol. The van der Waals surface area contributed by atoms with E-state index < -0.39 is 29.5 Å². The molecule has 3 aromatic carbocycles. The Kier molecular flexibility index (Phi) is 14.2. The lowest BCUT2D eigenvalue weighted by Gasteiger charge is -2.25. The molecule has 2 heterocycles. The van der Waals surface area contributed by atoms with Crippen LogP contribution in [0, 0.1) is 23.7 Å². The number of nitrogens with zero attached hydrogens (tertiary/aromatic N) is 3. The van der Waals surface area contributed by atoms with E-state index in [2.05, 4.69) is 10.3 Å². The van der Waals surface area contributed by atoms with Gasteiger partial charge in [-0.25, -0.2) is 0 Å². The number of nitriles is 1. The summed E-state index contributed by atoms with van der Waals surface area (Å²) in [5.74, 6) is -1.02. The molecule has 56 heavy (non-hydrogen) atoms. The van der Waals surface area contributed by atoms with Gasteiger partial charge in [0.2, 0.25) is 0 Å². The zero-order valence-electron chi connectivity index (χ0n) is 31.1. The van der Waals surface area contributed by atoms with Crippen LogP contribution in [0.3, 0.4) is 0 Å². The van der Waals surface area contributed by atoms with Crippen molar-refractivity contribution in [2.24, 2.45) is 5.41 Å². The Bertz CT molecular complexity index is 2090. The quantitative estimate of drug-likeness (QED) is 0.0709. The first kappa shape index (κ1) is 42.2. The number of carboxylic acids is 2. The standard InChI is InChI=1S/C41H44Cl2N4O9/c1-26-29(6-3-7-31(26)32-8-4-9-34(37(32)43)54-13-5-11-47-12-10-41(23-47,25-49)39(52)53)22-56-36-16-35(55-21-28-14-27(17-44)18-45-19-28)30(15-33(36)42)20-46-40(2,24-48)38(50)51/h3-4,6-9,14-16,18-19,46,48-49H,5,10-13,20-25H2,1-2H3,(H,50,51)(H,52,53)/t40-,41?/m1/s1. The highest BCUT2D eigenvalue weighted by Gasteiger charge is 2.44. The van der Waals surface area contributed by atoms with Gasteiger partial charge in [0.25, 0.3) is 0 Å². The zero-order valence-corrected chi connectivity index (χ0v) is 32.6. The first-order valence-electron chi connectivity index (χ1n) is 17.9. The van der Waals surface area contributed by atoms with E-state index in [1.54, 1.807) is 30.5 Å². The Labute approximate surface area is 335 Å². The van der Waals surface area contributed by atoms with Crippen molar-refractivity contribution in [3.8, 4) is 34.4 Å². The number of pyridine rings is 1. The van der Waals surface area contributed by atoms with Crippen LogP contribution in [0.25, 0.3) is 11.1 Å². The number of aliphatic hydroxyl groups is 2. The first-order chi connectivity index (χ1) is 26.8. The van der Waals surface area contributed by atoms with Gasteiger partial charge in [0.15, 0.2) is 0 Å². The summed E-state index contributed by atoms with van der Waals surface area (Å²) in [6, 6.07) is 18.3. The van der Waals surface area contributed by atoms with Crippen molar-refractivity contribution in [2.45, 2.75) is 52.0 Å². The summed E-state index contributed by atoms with van der Waals surface area (Å²) in [5, 5.41) is 51.4. The van der Waals surface area contributed by atoms with E-state index in [9.17, 15) is 35.3 Å². The van der Waals surface area contributed by atoms with Crippen LogP contribution in [0.2, 0.25) is 10.0 Å². The number of rotatable bonds is 19. The Morgan fingerprint density at radius 3 is 2.43 bits per heavy atom. The molecule has 1 saturated heterocycles. The summed E-state index contributed by atoms with van der Waals surface area (Å²) in [5.41, 5.74) is 2.23. The summed E-state index contributed by atoms with van der Waals surface area (Å²) in [7, 11) is 0. The lowest BCUT2D eigenvalue weighted by atomic mass is 9.88. The van der Waals surface area contributed by atoms with E-state index in [0.29, 0.717) is 78.0 Å². The predicted octanol–water partition coefficient (Wildman–Crippen LogP) is 5.86. The maximum atomic E-state index is 11.8. The lowest BCUT2D eigenvalue weighted by Crippen LogP contribution is -2.52. The number of aromatic nitrogens is 1. The van der Waals surface area contributed by atoms with Gasteiger partial charge in [-0.2, -0.15) is 5.26 Å². The van der Waals surface area contributed by atoms with Gasteiger partial charge in [-0.3, -0.25) is 19.9 Å². The molecule has 5 rings (SSSR count). The Hall–Kier alpha value is -4.94. The second kappa shape index (κ2) is 18.8. The highest BCUT2D eigenvalue weighted by atomic mass is 35.5. The van der Waals surface area contributed by atoms with Crippen molar-refractivity contribution in [2.75, 3.05) is 39.5 Å². The van der Waals surface area contributed by atoms with Gasteiger partial charge >= 0.3 is 11.9 Å². The van der Waals surface area contributed by atoms with Gasteiger partial charge in [0.05, 0.1) is 35.4 Å². The van der Waals surface area contributed by atoms with E-state index in [-0.39, 0.29) is 31.4 Å². The van der Waals surface area contributed by atoms with E-state index in [1.807, 2.05) is 48.2 Å². The number of likely N-dealkylation sites (tertiary alicyclic amines) is 1. The van der Waals surface area contributed by atoms with E-state index in [4.69, 9.17) is 37.4 Å². The molecule has 4 aromatic rings. The van der Waals surface area contributed by atoms with Crippen LogP contribution in [-0.2, 0) is 29.3 Å². The minimum Gasteiger partial charge on any atom is -0.492 e. The fourth-order valence-electron chi connectivity index (χ4n) is 6.35. The Balaban J connectivity index is 1.29. The zero-order chi connectivity index (χ0) is 40.5. The molecule has 1 fully saturated rings. The Morgan fingerprint density at radius 2 is 1.73 bits per heavy atom. The van der Waals surface area contributed by atoms with Gasteiger partial charge in [0.1, 0.15) is 47.5 Å². The molecule has 0 saturated carbocycles. The van der Waals surface area contributed by atoms with Crippen molar-refractivity contribution < 1.29 is 44.2 Å². The predicted molar refractivity (Wildman–Crippen MR) is 209 cm³/mol. The number of hydrogen-bond acceptors (Lipinski definition) is 11. The van der Waals surface area contributed by atoms with Crippen molar-refractivity contribution in [3.05, 3.63) is 105 Å². The normalized spacial score (nSPS) is 16.5. The number of ether oxygens (including phenoxy) is 3. The third-order valence-electron chi connectivity index (χ3n) is 10.0. The summed E-state index contributed by atoms with van der Waals surface area (Å²) in [4.78, 5) is 29.6. The molecule has 1 aromatic heterocycles. The van der Waals surface area contributed by atoms with Gasteiger partial charge in [-0.1, -0.05) is 53.5 Å². The third-order valence-corrected chi connectivity index (χ3v) is 10.7. The molecule has 0 bridgehead atoms. The molecule has 296 valence electrons. The number of carboxylic acid groups (broad SMARTS) is 2. The summed E-state index contributed by atoms with van der Waals surface area (Å²) >= 11 is 13.6. The minimum absolute atomic E-state index is 0.00361. The molecule has 0 aliphatic carbocycles. The molecule has 5 N–H and O–H groups in total. The van der Waals surface area contributed by atoms with Crippen molar-refractivity contribution in [3.63, 3.8) is 0 Å². The fourth-order valence-corrected chi connectivity index (χ4v) is 6.87. The number of carbonyl (C=O) groups is 2. The molecule has 15 heteroatoms. The summed E-state index contributed by atoms with van der Waals surface area (Å²) < 4.78 is 18.5. The Morgan fingerprint density at radius 1 is 0.982 bits per heavy atom. The minimum atomic E-state index is -1.62. The fraction of sp³-hybridized carbons (Fsp3) is 0.366. The highest BCUT2D eigenvalue weighted by molar-refractivity contribution is 6.35. The lowest BCUT2D eigenvalue weighted by molar-refractivity contribution is -0.150. The third kappa shape index (κ3) is 9.89. The summed E-state index contributed by atoms with van der Waals surface area (Å²) in [6.45, 7) is 4.38. The van der Waals surface area contributed by atoms with Crippen LogP contribution in [0.1, 0.15) is 47.6 Å². The average molecular weight is 808 g/mol. The molecule has 2 atom stereocenters. The molecule has 0 amide bonds. The van der Waals surface area contributed by atoms with Crippen LogP contribution < -0.4 is 19.5 Å². The molecule has 0 radical (unpaired) electrons. The van der Waals surface area contributed by atoms with Crippen molar-refractivity contribution in [1.29, 1.82) is 5.26 Å². The maximum absolute atomic E-state index is 11.8. The number of aliphatic carboxylic acids is 2. The SMILES string of the molecule is Cc1c(COc2cc(OCc3cncc(C#N)c3)c(CN[C@](C)(CO)C(=O)O)cc2Cl)cccc1-c1cccc(OCCCN2CCC(CO)(C(=O)O)C2)c1Cl. The van der Waals surface area contributed by atoms with Crippen LogP contribution in [-0.4, -0.2) is 87.2 Å². The number of nitrogens with one attached hydrogen (secondary N) is 1. The topological polar surface area (TPSA) is 195 Å². The number of aliphatic hydroxyl groups excluding tert-OH is 2. The molecule has 1 unspecified atom stereocenters. The van der Waals surface area contributed by atoms with E-state index in [0.717, 1.165) is 22.3 Å². The van der Waals surface area contributed by atoms with Gasteiger partial charge in [0, 0.05) is 54.8 Å². The van der Waals surface area contributed by atoms with E-state index in [1.165, 1.54) is 13.1 Å². The van der Waals surface area contributed by atoms with Gasteiger partial charge < -0.3 is 39.5 Å². The molecule has 1 aliphatic heterocycles. The first-order valence-corrected chi connectivity index (χ1v) is 18.7. The second-order valence-electron chi connectivity index (χ2n) is 14.0. The molecular weight excluding hydrogens is 763 g/mol. The number of hydrogen-bond donors (Lipinski definition) is 5. The van der Waals surface area contributed by atoms with E-state index >= 15 is 0 Å². The van der Waals surface area contributed by atoms with Gasteiger partial charge in [-0.05, 0) is 68.1 Å². The average Bonchev–Trinajstić information content (AvgIpc) is 3.63. The molecule has 0 spiro atoms. The van der Waals surface area contributed by atoms with Gasteiger partial charge in [-0.15, -0.1) is 0 Å². The highest BCUT2D eigenvalue weighted by Crippen LogP contribution is 2.39. The smallest absolute Gasteiger partial charge is 0.326 e. The second-order valence-corrected chi connectivity index (χ2v) is 14.8. The van der Waals surface area contributed by atoms with Crippen LogP contribution in [0.15, 0.2) is 67.0 Å². The molecule has 13 nitrogen and oxygen atoms in total. The number of halogens is 2. The molecule has 1 aliphatic rings. The van der Waals surface area contributed by atoms with Crippen LogP contribution >= 0.6 is 23.2 Å². The summed E-state index contributed by atoms with van der Waals surface area (Å²) in [6.07, 6.45) is 4.07. The van der Waals surface area contributed by atoms with Crippen LogP contribution in [0.5, 0.6) is 17.2 Å². The number of benzene rings is 3.